The van der Waals surface area contributed by atoms with Crippen LogP contribution in [0, 0.1) is 0 Å². The number of hydrogen-bond donors (Lipinski definition) is 1. The van der Waals surface area contributed by atoms with Gasteiger partial charge in [0, 0.05) is 18.7 Å². The van der Waals surface area contributed by atoms with Gasteiger partial charge in [-0.2, -0.15) is 0 Å². The molecular weight excluding hydrogens is 162 g/mol. The maximum Gasteiger partial charge on any atom is 0.0590 e. The van der Waals surface area contributed by atoms with Crippen LogP contribution in [0.2, 0.25) is 0 Å². The SMILES string of the molecule is CCCOC1CCC(NC(C)C)C1. The summed E-state index contributed by atoms with van der Waals surface area (Å²) in [7, 11) is 0. The lowest BCUT2D eigenvalue weighted by molar-refractivity contribution is 0.0571. The van der Waals surface area contributed by atoms with Gasteiger partial charge in [-0.05, 0) is 25.7 Å². The lowest BCUT2D eigenvalue weighted by Gasteiger charge is -2.16. The van der Waals surface area contributed by atoms with Gasteiger partial charge in [0.05, 0.1) is 6.10 Å². The summed E-state index contributed by atoms with van der Waals surface area (Å²) in [5.41, 5.74) is 0. The Morgan fingerprint density at radius 1 is 1.38 bits per heavy atom. The first-order chi connectivity index (χ1) is 6.22. The van der Waals surface area contributed by atoms with Crippen LogP contribution in [0.3, 0.4) is 0 Å². The second-order valence-corrected chi connectivity index (χ2v) is 4.32. The third-order valence-corrected chi connectivity index (χ3v) is 2.51. The van der Waals surface area contributed by atoms with Crippen molar-refractivity contribution < 1.29 is 4.74 Å². The Morgan fingerprint density at radius 2 is 2.15 bits per heavy atom. The molecule has 1 rings (SSSR count). The third-order valence-electron chi connectivity index (χ3n) is 2.51. The van der Waals surface area contributed by atoms with Crippen LogP contribution in [0.4, 0.5) is 0 Å². The minimum absolute atomic E-state index is 0.524. The van der Waals surface area contributed by atoms with Gasteiger partial charge in [-0.3, -0.25) is 0 Å². The van der Waals surface area contributed by atoms with E-state index in [4.69, 9.17) is 4.74 Å². The number of rotatable bonds is 5. The van der Waals surface area contributed by atoms with Crippen molar-refractivity contribution in [1.29, 1.82) is 0 Å². The van der Waals surface area contributed by atoms with Gasteiger partial charge < -0.3 is 10.1 Å². The molecule has 2 nitrogen and oxygen atoms in total. The fourth-order valence-corrected chi connectivity index (χ4v) is 2.00. The molecule has 1 aliphatic rings. The molecule has 1 aliphatic carbocycles. The summed E-state index contributed by atoms with van der Waals surface area (Å²) in [5, 5.41) is 3.57. The van der Waals surface area contributed by atoms with Crippen LogP contribution in [0.25, 0.3) is 0 Å². The molecule has 0 amide bonds. The van der Waals surface area contributed by atoms with E-state index in [0.717, 1.165) is 13.0 Å². The van der Waals surface area contributed by atoms with Crippen molar-refractivity contribution >= 4 is 0 Å². The van der Waals surface area contributed by atoms with E-state index in [9.17, 15) is 0 Å². The predicted octanol–water partition coefficient (Wildman–Crippen LogP) is 2.33. The van der Waals surface area contributed by atoms with Crippen LogP contribution >= 0.6 is 0 Å². The van der Waals surface area contributed by atoms with Crippen molar-refractivity contribution in [2.24, 2.45) is 0 Å². The molecule has 0 saturated heterocycles. The van der Waals surface area contributed by atoms with Crippen molar-refractivity contribution in [3.05, 3.63) is 0 Å². The second kappa shape index (κ2) is 5.61. The molecule has 0 aliphatic heterocycles. The highest BCUT2D eigenvalue weighted by atomic mass is 16.5. The molecule has 0 spiro atoms. The van der Waals surface area contributed by atoms with E-state index in [1.54, 1.807) is 0 Å². The molecule has 0 heterocycles. The summed E-state index contributed by atoms with van der Waals surface area (Å²) in [6, 6.07) is 1.30. The lowest BCUT2D eigenvalue weighted by atomic mass is 10.2. The van der Waals surface area contributed by atoms with Crippen LogP contribution < -0.4 is 5.32 Å². The Kier molecular flexibility index (Phi) is 4.74. The van der Waals surface area contributed by atoms with Gasteiger partial charge in [0.25, 0.3) is 0 Å². The average Bonchev–Trinajstić information content (AvgIpc) is 2.48. The lowest BCUT2D eigenvalue weighted by Crippen LogP contribution is -2.33. The maximum absolute atomic E-state index is 5.72. The van der Waals surface area contributed by atoms with Gasteiger partial charge in [-0.25, -0.2) is 0 Å². The molecule has 1 fully saturated rings. The van der Waals surface area contributed by atoms with Crippen molar-refractivity contribution in [2.75, 3.05) is 6.61 Å². The van der Waals surface area contributed by atoms with Gasteiger partial charge in [0.2, 0.25) is 0 Å². The quantitative estimate of drug-likeness (QED) is 0.710. The summed E-state index contributed by atoms with van der Waals surface area (Å²) in [6.45, 7) is 7.51. The van der Waals surface area contributed by atoms with Crippen LogP contribution in [0.1, 0.15) is 46.5 Å². The molecule has 78 valence electrons. The first-order valence-corrected chi connectivity index (χ1v) is 5.60. The number of ether oxygens (including phenoxy) is 1. The zero-order chi connectivity index (χ0) is 9.68. The van der Waals surface area contributed by atoms with Crippen LogP contribution in [0.5, 0.6) is 0 Å². The summed E-state index contributed by atoms with van der Waals surface area (Å²) in [5.74, 6) is 0. The Bertz CT molecular complexity index is 136. The van der Waals surface area contributed by atoms with Crippen molar-refractivity contribution in [3.63, 3.8) is 0 Å². The van der Waals surface area contributed by atoms with E-state index < -0.39 is 0 Å². The first-order valence-electron chi connectivity index (χ1n) is 5.60. The maximum atomic E-state index is 5.72. The topological polar surface area (TPSA) is 21.3 Å². The highest BCUT2D eigenvalue weighted by Crippen LogP contribution is 2.22. The largest absolute Gasteiger partial charge is 0.378 e. The summed E-state index contributed by atoms with van der Waals surface area (Å²) < 4.78 is 5.72. The average molecular weight is 185 g/mol. The Morgan fingerprint density at radius 3 is 2.77 bits per heavy atom. The van der Waals surface area contributed by atoms with E-state index in [0.29, 0.717) is 18.2 Å². The highest BCUT2D eigenvalue weighted by molar-refractivity contribution is 4.82. The monoisotopic (exact) mass is 185 g/mol. The van der Waals surface area contributed by atoms with E-state index >= 15 is 0 Å². The molecule has 2 unspecified atom stereocenters. The van der Waals surface area contributed by atoms with Crippen molar-refractivity contribution in [1.82, 2.24) is 5.32 Å². The normalized spacial score (nSPS) is 28.6. The molecule has 13 heavy (non-hydrogen) atoms. The van der Waals surface area contributed by atoms with Crippen LogP contribution in [0.15, 0.2) is 0 Å². The fourth-order valence-electron chi connectivity index (χ4n) is 2.00. The highest BCUT2D eigenvalue weighted by Gasteiger charge is 2.24. The minimum Gasteiger partial charge on any atom is -0.378 e. The smallest absolute Gasteiger partial charge is 0.0590 e. The molecule has 2 heteroatoms. The fraction of sp³-hybridized carbons (Fsp3) is 1.00. The van der Waals surface area contributed by atoms with Gasteiger partial charge in [0.15, 0.2) is 0 Å². The molecule has 0 aromatic carbocycles. The number of nitrogens with one attached hydrogen (secondary N) is 1. The molecule has 1 N–H and O–H groups in total. The number of hydrogen-bond acceptors (Lipinski definition) is 2. The summed E-state index contributed by atoms with van der Waals surface area (Å²) >= 11 is 0. The third kappa shape index (κ3) is 4.10. The van der Waals surface area contributed by atoms with Gasteiger partial charge in [-0.1, -0.05) is 20.8 Å². The van der Waals surface area contributed by atoms with E-state index in [1.807, 2.05) is 0 Å². The standard InChI is InChI=1S/C11H23NO/c1-4-7-13-11-6-5-10(8-11)12-9(2)3/h9-12H,4-8H2,1-3H3. The Labute approximate surface area is 82.0 Å². The molecule has 0 aromatic heterocycles. The zero-order valence-corrected chi connectivity index (χ0v) is 9.18. The van der Waals surface area contributed by atoms with Crippen LogP contribution in [-0.4, -0.2) is 24.8 Å². The molecule has 0 bridgehead atoms. The summed E-state index contributed by atoms with van der Waals surface area (Å²) in [4.78, 5) is 0. The van der Waals surface area contributed by atoms with E-state index in [-0.39, 0.29) is 0 Å². The van der Waals surface area contributed by atoms with Crippen molar-refractivity contribution in [2.45, 2.75) is 64.6 Å². The second-order valence-electron chi connectivity index (χ2n) is 4.32. The van der Waals surface area contributed by atoms with E-state index in [1.165, 1.54) is 19.3 Å². The molecule has 2 atom stereocenters. The Balaban J connectivity index is 2.12. The molecular formula is C11H23NO. The zero-order valence-electron chi connectivity index (χ0n) is 9.18. The summed E-state index contributed by atoms with van der Waals surface area (Å²) in [6.07, 6.45) is 5.39. The minimum atomic E-state index is 0.524. The molecule has 1 saturated carbocycles. The van der Waals surface area contributed by atoms with Gasteiger partial charge in [-0.15, -0.1) is 0 Å². The van der Waals surface area contributed by atoms with E-state index in [2.05, 4.69) is 26.1 Å². The first kappa shape index (κ1) is 11.0. The predicted molar refractivity (Wildman–Crippen MR) is 55.9 cm³/mol. The molecule has 0 radical (unpaired) electrons. The Hall–Kier alpha value is -0.0800. The molecule has 0 aromatic rings. The van der Waals surface area contributed by atoms with Crippen LogP contribution in [-0.2, 0) is 4.74 Å². The van der Waals surface area contributed by atoms with Crippen molar-refractivity contribution in [3.8, 4) is 0 Å². The van der Waals surface area contributed by atoms with Gasteiger partial charge >= 0.3 is 0 Å². The van der Waals surface area contributed by atoms with Gasteiger partial charge in [0.1, 0.15) is 0 Å².